The van der Waals surface area contributed by atoms with Crippen LogP contribution in [0.2, 0.25) is 0 Å². The highest BCUT2D eigenvalue weighted by molar-refractivity contribution is 9.11. The first-order valence-corrected chi connectivity index (χ1v) is 8.12. The average Bonchev–Trinajstić information content (AvgIpc) is 2.54. The van der Waals surface area contributed by atoms with Crippen LogP contribution in [0.25, 0.3) is 0 Å². The van der Waals surface area contributed by atoms with E-state index >= 15 is 0 Å². The number of benzene rings is 2. The predicted molar refractivity (Wildman–Crippen MR) is 96.6 cm³/mol. The third-order valence-corrected chi connectivity index (χ3v) is 4.00. The van der Waals surface area contributed by atoms with E-state index in [1.807, 2.05) is 6.07 Å². The van der Waals surface area contributed by atoms with E-state index in [9.17, 15) is 14.9 Å². The van der Waals surface area contributed by atoms with Crippen molar-refractivity contribution in [3.8, 4) is 5.75 Å². The van der Waals surface area contributed by atoms with Crippen LogP contribution >= 0.6 is 31.9 Å². The van der Waals surface area contributed by atoms with Crippen LogP contribution in [0.4, 0.5) is 5.69 Å². The smallest absolute Gasteiger partial charge is 0.271 e. The molecule has 0 heterocycles. The molecule has 0 saturated carbocycles. The lowest BCUT2D eigenvalue weighted by atomic mass is 10.2. The number of nitrogens with zero attached hydrogens (tertiary/aromatic N) is 2. The second-order valence-electron chi connectivity index (χ2n) is 4.51. The van der Waals surface area contributed by atoms with Crippen molar-refractivity contribution in [3.05, 3.63) is 66.6 Å². The van der Waals surface area contributed by atoms with Gasteiger partial charge in [0.1, 0.15) is 5.75 Å². The molecule has 1 N–H and O–H groups in total. The molecule has 0 radical (unpaired) electrons. The third kappa shape index (κ3) is 4.39. The zero-order valence-corrected chi connectivity index (χ0v) is 15.5. The number of methoxy groups -OCH3 is 1. The Balaban J connectivity index is 2.11. The maximum Gasteiger partial charge on any atom is 0.271 e. The van der Waals surface area contributed by atoms with Crippen molar-refractivity contribution in [2.24, 2.45) is 5.10 Å². The Morgan fingerprint density at radius 2 is 1.96 bits per heavy atom. The minimum Gasteiger partial charge on any atom is -0.495 e. The standard InChI is InChI=1S/C15H11Br2N3O4/c1-24-14-10(6-11(16)7-13(14)17)8-18-19-15(21)9-2-4-12(5-3-9)20(22)23/h2-8H,1H3,(H,19,21)/b18-8+. The fraction of sp³-hybridized carbons (Fsp3) is 0.0667. The fourth-order valence-electron chi connectivity index (χ4n) is 1.85. The molecule has 24 heavy (non-hydrogen) atoms. The van der Waals surface area contributed by atoms with Gasteiger partial charge < -0.3 is 4.74 Å². The average molecular weight is 457 g/mol. The maximum atomic E-state index is 12.0. The first kappa shape index (κ1) is 18.1. The molecule has 0 aliphatic rings. The molecule has 2 rings (SSSR count). The van der Waals surface area contributed by atoms with E-state index in [1.165, 1.54) is 37.6 Å². The minimum atomic E-state index is -0.531. The minimum absolute atomic E-state index is 0.0845. The lowest BCUT2D eigenvalue weighted by Gasteiger charge is -2.07. The number of amides is 1. The summed E-state index contributed by atoms with van der Waals surface area (Å²) in [5.41, 5.74) is 3.20. The molecule has 2 aromatic carbocycles. The number of hydrazone groups is 1. The summed E-state index contributed by atoms with van der Waals surface area (Å²) in [4.78, 5) is 22.0. The summed E-state index contributed by atoms with van der Waals surface area (Å²) in [7, 11) is 1.53. The topological polar surface area (TPSA) is 93.8 Å². The molecule has 0 aliphatic heterocycles. The number of nitro groups is 1. The molecule has 7 nitrogen and oxygen atoms in total. The van der Waals surface area contributed by atoms with Crippen LogP contribution in [0.15, 0.2) is 50.4 Å². The molecule has 0 spiro atoms. The number of hydrogen-bond donors (Lipinski definition) is 1. The highest BCUT2D eigenvalue weighted by Crippen LogP contribution is 2.31. The van der Waals surface area contributed by atoms with Crippen LogP contribution < -0.4 is 10.2 Å². The number of ether oxygens (including phenoxy) is 1. The lowest BCUT2D eigenvalue weighted by molar-refractivity contribution is -0.384. The van der Waals surface area contributed by atoms with E-state index in [0.717, 1.165) is 8.95 Å². The molecule has 1 amide bonds. The Hall–Kier alpha value is -2.26. The second-order valence-corrected chi connectivity index (χ2v) is 6.28. The Morgan fingerprint density at radius 3 is 2.54 bits per heavy atom. The number of nitro benzene ring substituents is 1. The van der Waals surface area contributed by atoms with Gasteiger partial charge in [-0.25, -0.2) is 5.43 Å². The number of hydrogen-bond acceptors (Lipinski definition) is 5. The maximum absolute atomic E-state index is 12.0. The van der Waals surface area contributed by atoms with Gasteiger partial charge in [-0.2, -0.15) is 5.10 Å². The van der Waals surface area contributed by atoms with Crippen molar-refractivity contribution in [1.29, 1.82) is 0 Å². The number of carbonyl (C=O) groups is 1. The van der Waals surface area contributed by atoms with Crippen LogP contribution in [-0.2, 0) is 0 Å². The summed E-state index contributed by atoms with van der Waals surface area (Å²) >= 11 is 6.74. The molecule has 0 unspecified atom stereocenters. The second kappa shape index (κ2) is 8.02. The molecule has 0 atom stereocenters. The Kier molecular flexibility index (Phi) is 6.04. The van der Waals surface area contributed by atoms with Gasteiger partial charge in [0.25, 0.3) is 11.6 Å². The summed E-state index contributed by atoms with van der Waals surface area (Å²) in [5, 5.41) is 14.5. The molecule has 2 aromatic rings. The van der Waals surface area contributed by atoms with E-state index in [0.29, 0.717) is 11.3 Å². The van der Waals surface area contributed by atoms with Crippen molar-refractivity contribution >= 4 is 49.7 Å². The first-order valence-electron chi connectivity index (χ1n) is 6.53. The highest BCUT2D eigenvalue weighted by Gasteiger charge is 2.10. The van der Waals surface area contributed by atoms with Gasteiger partial charge in [-0.15, -0.1) is 0 Å². The monoisotopic (exact) mass is 455 g/mol. The fourth-order valence-corrected chi connectivity index (χ4v) is 3.27. The molecular formula is C15H11Br2N3O4. The van der Waals surface area contributed by atoms with Gasteiger partial charge in [-0.3, -0.25) is 14.9 Å². The molecule has 0 aromatic heterocycles. The zero-order valence-electron chi connectivity index (χ0n) is 12.3. The number of non-ortho nitro benzene ring substituents is 1. The number of carbonyl (C=O) groups excluding carboxylic acids is 1. The molecule has 0 fully saturated rings. The van der Waals surface area contributed by atoms with Crippen molar-refractivity contribution in [2.45, 2.75) is 0 Å². The van der Waals surface area contributed by atoms with Gasteiger partial charge in [0.15, 0.2) is 0 Å². The largest absolute Gasteiger partial charge is 0.495 e. The van der Waals surface area contributed by atoms with Crippen LogP contribution in [-0.4, -0.2) is 24.2 Å². The van der Waals surface area contributed by atoms with E-state index < -0.39 is 10.8 Å². The van der Waals surface area contributed by atoms with E-state index in [2.05, 4.69) is 42.4 Å². The van der Waals surface area contributed by atoms with Gasteiger partial charge in [0.2, 0.25) is 0 Å². The van der Waals surface area contributed by atoms with Crippen LogP contribution in [0.1, 0.15) is 15.9 Å². The van der Waals surface area contributed by atoms with Crippen molar-refractivity contribution in [3.63, 3.8) is 0 Å². The Morgan fingerprint density at radius 1 is 1.29 bits per heavy atom. The van der Waals surface area contributed by atoms with Gasteiger partial charge >= 0.3 is 0 Å². The van der Waals surface area contributed by atoms with E-state index in [1.54, 1.807) is 6.07 Å². The molecule has 0 bridgehead atoms. The molecular weight excluding hydrogens is 446 g/mol. The number of rotatable bonds is 5. The lowest BCUT2D eigenvalue weighted by Crippen LogP contribution is -2.17. The van der Waals surface area contributed by atoms with Crippen LogP contribution in [0, 0.1) is 10.1 Å². The van der Waals surface area contributed by atoms with Crippen molar-refractivity contribution in [2.75, 3.05) is 7.11 Å². The predicted octanol–water partition coefficient (Wildman–Crippen LogP) is 3.89. The Bertz CT molecular complexity index is 807. The number of nitrogens with one attached hydrogen (secondary N) is 1. The highest BCUT2D eigenvalue weighted by atomic mass is 79.9. The van der Waals surface area contributed by atoms with Crippen LogP contribution in [0.5, 0.6) is 5.75 Å². The van der Waals surface area contributed by atoms with E-state index in [-0.39, 0.29) is 11.3 Å². The Labute approximate surface area is 154 Å². The summed E-state index contributed by atoms with van der Waals surface area (Å²) in [5.74, 6) is 0.0979. The van der Waals surface area contributed by atoms with Gasteiger partial charge in [-0.1, -0.05) is 15.9 Å². The van der Waals surface area contributed by atoms with Crippen LogP contribution in [0.3, 0.4) is 0 Å². The zero-order chi connectivity index (χ0) is 17.7. The quantitative estimate of drug-likeness (QED) is 0.419. The van der Waals surface area contributed by atoms with Gasteiger partial charge in [-0.05, 0) is 40.2 Å². The van der Waals surface area contributed by atoms with Crippen molar-refractivity contribution in [1.82, 2.24) is 5.43 Å². The number of halogens is 2. The molecule has 124 valence electrons. The normalized spacial score (nSPS) is 10.6. The molecule has 0 aliphatic carbocycles. The first-order chi connectivity index (χ1) is 11.4. The van der Waals surface area contributed by atoms with E-state index in [4.69, 9.17) is 4.74 Å². The van der Waals surface area contributed by atoms with Crippen molar-refractivity contribution < 1.29 is 14.5 Å². The summed E-state index contributed by atoms with van der Waals surface area (Å²) < 4.78 is 6.83. The molecule has 9 heteroatoms. The SMILES string of the molecule is COc1c(Br)cc(Br)cc1/C=N/NC(=O)c1ccc([N+](=O)[O-])cc1. The third-order valence-electron chi connectivity index (χ3n) is 2.95. The summed E-state index contributed by atoms with van der Waals surface area (Å²) in [6.45, 7) is 0. The van der Waals surface area contributed by atoms with Gasteiger partial charge in [0, 0.05) is 27.7 Å². The summed E-state index contributed by atoms with van der Waals surface area (Å²) in [6.07, 6.45) is 1.44. The van der Waals surface area contributed by atoms with Gasteiger partial charge in [0.05, 0.1) is 22.7 Å². The molecule has 0 saturated heterocycles. The summed E-state index contributed by atoms with van der Waals surface area (Å²) in [6, 6.07) is 8.84.